The predicted octanol–water partition coefficient (Wildman–Crippen LogP) is 4.67. The third-order valence-electron chi connectivity index (χ3n) is 4.12. The maximum absolute atomic E-state index is 13.2. The molecule has 0 spiro atoms. The largest absolute Gasteiger partial charge is 0.338 e. The summed E-state index contributed by atoms with van der Waals surface area (Å²) < 4.78 is 6.87. The number of para-hydroxylation sites is 1. The first-order valence-electron chi connectivity index (χ1n) is 8.87. The summed E-state index contributed by atoms with van der Waals surface area (Å²) >= 11 is 7.52. The van der Waals surface area contributed by atoms with Gasteiger partial charge in [-0.15, -0.1) is 0 Å². The number of rotatable bonds is 6. The van der Waals surface area contributed by atoms with E-state index in [1.54, 1.807) is 22.8 Å². The smallest absolute Gasteiger partial charge is 0.266 e. The molecule has 6 nitrogen and oxygen atoms in total. The number of aryl methyl sites for hydroxylation is 1. The highest BCUT2D eigenvalue weighted by atomic mass is 35.5. The summed E-state index contributed by atoms with van der Waals surface area (Å²) in [6, 6.07) is 14.4. The zero-order chi connectivity index (χ0) is 19.5. The van der Waals surface area contributed by atoms with Crippen molar-refractivity contribution >= 4 is 34.3 Å². The van der Waals surface area contributed by atoms with Crippen molar-refractivity contribution in [2.75, 3.05) is 0 Å². The molecule has 2 aromatic carbocycles. The quantitative estimate of drug-likeness (QED) is 0.338. The minimum Gasteiger partial charge on any atom is -0.338 e. The van der Waals surface area contributed by atoms with Crippen molar-refractivity contribution in [2.45, 2.75) is 30.7 Å². The number of hydrogen-bond donors (Lipinski definition) is 0. The molecule has 0 unspecified atom stereocenters. The molecule has 2 aromatic heterocycles. The fourth-order valence-electron chi connectivity index (χ4n) is 2.85. The Kier molecular flexibility index (Phi) is 5.45. The second-order valence-electron chi connectivity index (χ2n) is 6.17. The summed E-state index contributed by atoms with van der Waals surface area (Å²) in [5.74, 6) is 1.62. The van der Waals surface area contributed by atoms with E-state index in [0.717, 1.165) is 12.8 Å². The lowest BCUT2D eigenvalue weighted by Gasteiger charge is -2.12. The van der Waals surface area contributed by atoms with Gasteiger partial charge in [0.15, 0.2) is 11.0 Å². The van der Waals surface area contributed by atoms with Gasteiger partial charge in [-0.25, -0.2) is 4.98 Å². The molecular weight excluding hydrogens is 396 g/mol. The van der Waals surface area contributed by atoms with Crippen LogP contribution in [0.25, 0.3) is 16.6 Å². The van der Waals surface area contributed by atoms with Crippen LogP contribution in [0, 0.1) is 0 Å². The highest BCUT2D eigenvalue weighted by Gasteiger charge is 2.15. The normalized spacial score (nSPS) is 11.2. The van der Waals surface area contributed by atoms with E-state index in [9.17, 15) is 4.79 Å². The van der Waals surface area contributed by atoms with Crippen LogP contribution in [0.4, 0.5) is 0 Å². The van der Waals surface area contributed by atoms with Gasteiger partial charge in [0.1, 0.15) is 0 Å². The first-order valence-corrected chi connectivity index (χ1v) is 10.2. The zero-order valence-electron chi connectivity index (χ0n) is 15.1. The Morgan fingerprint density at radius 3 is 2.82 bits per heavy atom. The SMILES string of the molecule is CCCc1noc(CSc2nc3ccccc3c(=O)n2-c2cccc(Cl)c2)n1. The molecule has 8 heteroatoms. The van der Waals surface area contributed by atoms with Gasteiger partial charge in [0, 0.05) is 11.4 Å². The summed E-state index contributed by atoms with van der Waals surface area (Å²) in [5, 5.41) is 5.62. The van der Waals surface area contributed by atoms with E-state index < -0.39 is 0 Å². The molecule has 0 aliphatic carbocycles. The Morgan fingerprint density at radius 1 is 1.14 bits per heavy atom. The molecule has 0 fully saturated rings. The van der Waals surface area contributed by atoms with Crippen molar-refractivity contribution in [3.8, 4) is 5.69 Å². The van der Waals surface area contributed by atoms with Crippen molar-refractivity contribution in [2.24, 2.45) is 0 Å². The van der Waals surface area contributed by atoms with Crippen molar-refractivity contribution < 1.29 is 4.52 Å². The van der Waals surface area contributed by atoms with Gasteiger partial charge in [-0.1, -0.05) is 53.6 Å². The average molecular weight is 413 g/mol. The van der Waals surface area contributed by atoms with Crippen LogP contribution in [-0.4, -0.2) is 19.7 Å². The molecule has 0 saturated carbocycles. The monoisotopic (exact) mass is 412 g/mol. The summed E-state index contributed by atoms with van der Waals surface area (Å²) in [6.45, 7) is 2.06. The Bertz CT molecular complexity index is 1190. The van der Waals surface area contributed by atoms with E-state index in [2.05, 4.69) is 17.1 Å². The van der Waals surface area contributed by atoms with Gasteiger partial charge >= 0.3 is 0 Å². The third-order valence-corrected chi connectivity index (χ3v) is 5.28. The molecular formula is C20H17ClN4O2S. The van der Waals surface area contributed by atoms with E-state index in [-0.39, 0.29) is 5.56 Å². The van der Waals surface area contributed by atoms with Crippen LogP contribution >= 0.6 is 23.4 Å². The highest BCUT2D eigenvalue weighted by molar-refractivity contribution is 7.98. The lowest BCUT2D eigenvalue weighted by Crippen LogP contribution is -2.21. The predicted molar refractivity (Wildman–Crippen MR) is 110 cm³/mol. The van der Waals surface area contributed by atoms with Crippen molar-refractivity contribution in [3.05, 3.63) is 75.6 Å². The van der Waals surface area contributed by atoms with E-state index >= 15 is 0 Å². The van der Waals surface area contributed by atoms with Gasteiger partial charge in [-0.2, -0.15) is 4.98 Å². The fraction of sp³-hybridized carbons (Fsp3) is 0.200. The molecule has 28 heavy (non-hydrogen) atoms. The number of aromatic nitrogens is 4. The van der Waals surface area contributed by atoms with Crippen LogP contribution in [0.2, 0.25) is 5.02 Å². The van der Waals surface area contributed by atoms with Gasteiger partial charge in [0.05, 0.1) is 22.3 Å². The zero-order valence-corrected chi connectivity index (χ0v) is 16.7. The van der Waals surface area contributed by atoms with Gasteiger partial charge in [0.25, 0.3) is 5.56 Å². The first-order chi connectivity index (χ1) is 13.7. The molecule has 0 aliphatic rings. The molecule has 0 N–H and O–H groups in total. The van der Waals surface area contributed by atoms with Crippen molar-refractivity contribution in [3.63, 3.8) is 0 Å². The lowest BCUT2D eigenvalue weighted by atomic mass is 10.2. The third kappa shape index (κ3) is 3.81. The summed E-state index contributed by atoms with van der Waals surface area (Å²) in [6.07, 6.45) is 1.72. The first kappa shape index (κ1) is 18.7. The summed E-state index contributed by atoms with van der Waals surface area (Å²) in [7, 11) is 0. The second kappa shape index (κ2) is 8.16. The minimum atomic E-state index is -0.146. The Morgan fingerprint density at radius 2 is 2.00 bits per heavy atom. The molecule has 0 aliphatic heterocycles. The van der Waals surface area contributed by atoms with Gasteiger partial charge in [0.2, 0.25) is 5.89 Å². The molecule has 4 rings (SSSR count). The standard InChI is InChI=1S/C20H17ClN4O2S/c1-2-6-17-23-18(27-24-17)12-28-20-22-16-10-4-3-9-15(16)19(26)25(20)14-8-5-7-13(21)11-14/h3-5,7-11H,2,6,12H2,1H3. The van der Waals surface area contributed by atoms with Crippen LogP contribution in [0.1, 0.15) is 25.1 Å². The number of benzene rings is 2. The van der Waals surface area contributed by atoms with Gasteiger partial charge in [-0.05, 0) is 36.8 Å². The van der Waals surface area contributed by atoms with E-state index in [0.29, 0.717) is 44.2 Å². The maximum atomic E-state index is 13.2. The van der Waals surface area contributed by atoms with Crippen LogP contribution < -0.4 is 5.56 Å². The second-order valence-corrected chi connectivity index (χ2v) is 7.55. The highest BCUT2D eigenvalue weighted by Crippen LogP contribution is 2.25. The Hall–Kier alpha value is -2.64. The molecule has 0 amide bonds. The molecule has 142 valence electrons. The average Bonchev–Trinajstić information content (AvgIpc) is 3.14. The van der Waals surface area contributed by atoms with Gasteiger partial charge in [-0.3, -0.25) is 9.36 Å². The molecule has 0 saturated heterocycles. The molecule has 0 bridgehead atoms. The van der Waals surface area contributed by atoms with E-state index in [4.69, 9.17) is 21.1 Å². The van der Waals surface area contributed by atoms with Crippen molar-refractivity contribution in [1.82, 2.24) is 19.7 Å². The van der Waals surface area contributed by atoms with Crippen LogP contribution in [-0.2, 0) is 12.2 Å². The molecule has 0 atom stereocenters. The molecule has 0 radical (unpaired) electrons. The van der Waals surface area contributed by atoms with E-state index in [1.165, 1.54) is 11.8 Å². The van der Waals surface area contributed by atoms with E-state index in [1.807, 2.05) is 30.3 Å². The van der Waals surface area contributed by atoms with Gasteiger partial charge < -0.3 is 4.52 Å². The minimum absolute atomic E-state index is 0.146. The Labute approximate surface area is 170 Å². The van der Waals surface area contributed by atoms with Crippen LogP contribution in [0.3, 0.4) is 0 Å². The van der Waals surface area contributed by atoms with Crippen LogP contribution in [0.5, 0.6) is 0 Å². The summed E-state index contributed by atoms with van der Waals surface area (Å²) in [4.78, 5) is 22.3. The molecule has 2 heterocycles. The maximum Gasteiger partial charge on any atom is 0.266 e. The Balaban J connectivity index is 1.77. The number of thioether (sulfide) groups is 1. The fourth-order valence-corrected chi connectivity index (χ4v) is 3.89. The summed E-state index contributed by atoms with van der Waals surface area (Å²) in [5.41, 5.74) is 1.16. The molecule has 4 aromatic rings. The van der Waals surface area contributed by atoms with Crippen molar-refractivity contribution in [1.29, 1.82) is 0 Å². The lowest BCUT2D eigenvalue weighted by molar-refractivity contribution is 0.384. The number of halogens is 1. The number of hydrogen-bond acceptors (Lipinski definition) is 6. The number of fused-ring (bicyclic) bond motifs is 1. The topological polar surface area (TPSA) is 73.8 Å². The van der Waals surface area contributed by atoms with Crippen LogP contribution in [0.15, 0.2) is 63.0 Å². The number of nitrogens with zero attached hydrogens (tertiary/aromatic N) is 4.